The van der Waals surface area contributed by atoms with Crippen molar-refractivity contribution in [2.24, 2.45) is 5.92 Å². The van der Waals surface area contributed by atoms with Crippen LogP contribution < -0.4 is 5.32 Å². The molecule has 0 bridgehead atoms. The molecule has 1 aromatic carbocycles. The normalized spacial score (nSPS) is 12.5. The van der Waals surface area contributed by atoms with Crippen LogP contribution in [0.15, 0.2) is 12.1 Å². The quantitative estimate of drug-likeness (QED) is 0.700. The van der Waals surface area contributed by atoms with Crippen molar-refractivity contribution in [3.63, 3.8) is 0 Å². The molecule has 2 N–H and O–H groups in total. The largest absolute Gasteiger partial charge is 0.358 e. The highest BCUT2D eigenvalue weighted by Gasteiger charge is 2.17. The van der Waals surface area contributed by atoms with Crippen LogP contribution in [0, 0.1) is 33.6 Å². The zero-order valence-corrected chi connectivity index (χ0v) is 17.1. The van der Waals surface area contributed by atoms with Gasteiger partial charge in [0.2, 0.25) is 5.91 Å². The van der Waals surface area contributed by atoms with E-state index in [1.165, 1.54) is 22.2 Å². The minimum Gasteiger partial charge on any atom is -0.358 e. The number of benzene rings is 1. The fourth-order valence-electron chi connectivity index (χ4n) is 3.64. The first-order chi connectivity index (χ1) is 12.8. The molecule has 0 radical (unpaired) electrons. The molecule has 1 amide bonds. The predicted octanol–water partition coefficient (Wildman–Crippen LogP) is 3.51. The van der Waals surface area contributed by atoms with Crippen molar-refractivity contribution in [2.45, 2.75) is 61.1 Å². The standard InChI is InChI=1S/C21H29N5O/c1-7-19-14(4)18-9-12(2)8-17(20(18)24-19)10-22-21(27)13(3)11-26-16(6)23-15(5)25-26/h8-9,13,24H,7,10-11H2,1-6H3,(H,22,27)/t13-/m1/s1. The summed E-state index contributed by atoms with van der Waals surface area (Å²) in [7, 11) is 0. The van der Waals surface area contributed by atoms with Gasteiger partial charge in [-0.05, 0) is 51.3 Å². The lowest BCUT2D eigenvalue weighted by atomic mass is 10.0. The monoisotopic (exact) mass is 367 g/mol. The van der Waals surface area contributed by atoms with Gasteiger partial charge in [-0.25, -0.2) is 9.67 Å². The second-order valence-electron chi connectivity index (χ2n) is 7.44. The lowest BCUT2D eigenvalue weighted by Crippen LogP contribution is -2.31. The number of nitrogens with zero attached hydrogens (tertiary/aromatic N) is 3. The molecule has 0 aliphatic heterocycles. The lowest BCUT2D eigenvalue weighted by Gasteiger charge is -2.14. The highest BCUT2D eigenvalue weighted by atomic mass is 16.1. The molecule has 3 rings (SSSR count). The van der Waals surface area contributed by atoms with Crippen molar-refractivity contribution >= 4 is 16.8 Å². The molecule has 6 nitrogen and oxygen atoms in total. The Morgan fingerprint density at radius 1 is 1.26 bits per heavy atom. The highest BCUT2D eigenvalue weighted by Crippen LogP contribution is 2.26. The molecule has 0 aliphatic carbocycles. The van der Waals surface area contributed by atoms with E-state index < -0.39 is 0 Å². The third-order valence-electron chi connectivity index (χ3n) is 5.16. The Bertz CT molecular complexity index is 982. The van der Waals surface area contributed by atoms with Crippen molar-refractivity contribution < 1.29 is 4.79 Å². The number of hydrogen-bond acceptors (Lipinski definition) is 3. The van der Waals surface area contributed by atoms with Gasteiger partial charge in [-0.1, -0.05) is 25.5 Å². The van der Waals surface area contributed by atoms with E-state index in [9.17, 15) is 4.79 Å². The fourth-order valence-corrected chi connectivity index (χ4v) is 3.64. The van der Waals surface area contributed by atoms with Gasteiger partial charge in [0.25, 0.3) is 0 Å². The van der Waals surface area contributed by atoms with Crippen LogP contribution in [-0.2, 0) is 24.3 Å². The molecular weight excluding hydrogens is 338 g/mol. The number of aryl methyl sites for hydroxylation is 5. The molecule has 27 heavy (non-hydrogen) atoms. The third-order valence-corrected chi connectivity index (χ3v) is 5.16. The molecule has 0 saturated carbocycles. The van der Waals surface area contributed by atoms with Gasteiger partial charge in [-0.2, -0.15) is 5.10 Å². The van der Waals surface area contributed by atoms with Gasteiger partial charge in [-0.15, -0.1) is 0 Å². The number of fused-ring (bicyclic) bond motifs is 1. The van der Waals surface area contributed by atoms with Gasteiger partial charge in [0, 0.05) is 17.6 Å². The van der Waals surface area contributed by atoms with Gasteiger partial charge in [0.05, 0.1) is 18.0 Å². The van der Waals surface area contributed by atoms with E-state index in [0.717, 1.165) is 29.1 Å². The first-order valence-electron chi connectivity index (χ1n) is 9.56. The maximum absolute atomic E-state index is 12.6. The van der Waals surface area contributed by atoms with Crippen molar-refractivity contribution in [2.75, 3.05) is 0 Å². The van der Waals surface area contributed by atoms with Crippen LogP contribution >= 0.6 is 0 Å². The molecule has 2 aromatic heterocycles. The summed E-state index contributed by atoms with van der Waals surface area (Å²) in [6.45, 7) is 13.1. The molecule has 0 saturated heterocycles. The predicted molar refractivity (Wildman–Crippen MR) is 108 cm³/mol. The number of amides is 1. The molecule has 1 atom stereocenters. The molecule has 144 valence electrons. The Kier molecular flexibility index (Phi) is 5.35. The third kappa shape index (κ3) is 3.89. The van der Waals surface area contributed by atoms with Crippen LogP contribution in [0.5, 0.6) is 0 Å². The Hall–Kier alpha value is -2.63. The summed E-state index contributed by atoms with van der Waals surface area (Å²) in [6, 6.07) is 4.36. The number of aromatic amines is 1. The van der Waals surface area contributed by atoms with Crippen molar-refractivity contribution in [3.05, 3.63) is 46.2 Å². The Morgan fingerprint density at radius 3 is 2.63 bits per heavy atom. The zero-order chi connectivity index (χ0) is 19.7. The molecule has 0 spiro atoms. The number of nitrogens with one attached hydrogen (secondary N) is 2. The Balaban J connectivity index is 1.74. The van der Waals surface area contributed by atoms with E-state index in [1.807, 2.05) is 20.8 Å². The van der Waals surface area contributed by atoms with Crippen molar-refractivity contribution in [1.29, 1.82) is 0 Å². The highest BCUT2D eigenvalue weighted by molar-refractivity contribution is 5.88. The molecule has 0 aliphatic rings. The second kappa shape index (κ2) is 7.55. The summed E-state index contributed by atoms with van der Waals surface area (Å²) >= 11 is 0. The van der Waals surface area contributed by atoms with E-state index >= 15 is 0 Å². The Labute approximate surface area is 160 Å². The average molecular weight is 367 g/mol. The van der Waals surface area contributed by atoms with Crippen LogP contribution in [0.4, 0.5) is 0 Å². The summed E-state index contributed by atoms with van der Waals surface area (Å²) in [4.78, 5) is 20.4. The number of carbonyl (C=O) groups is 1. The number of hydrogen-bond donors (Lipinski definition) is 2. The maximum Gasteiger partial charge on any atom is 0.224 e. The van der Waals surface area contributed by atoms with Crippen molar-refractivity contribution in [1.82, 2.24) is 25.1 Å². The number of rotatable bonds is 6. The van der Waals surface area contributed by atoms with Gasteiger partial charge < -0.3 is 10.3 Å². The SMILES string of the molecule is CCc1[nH]c2c(CNC(=O)[C@H](C)Cn3nc(C)nc3C)cc(C)cc2c1C. The molecule has 3 aromatic rings. The van der Waals surface area contributed by atoms with E-state index in [4.69, 9.17) is 0 Å². The van der Waals surface area contributed by atoms with E-state index in [2.05, 4.69) is 53.3 Å². The topological polar surface area (TPSA) is 75.6 Å². The van der Waals surface area contributed by atoms with Crippen LogP contribution in [0.3, 0.4) is 0 Å². The van der Waals surface area contributed by atoms with Crippen LogP contribution in [0.2, 0.25) is 0 Å². The van der Waals surface area contributed by atoms with Crippen molar-refractivity contribution in [3.8, 4) is 0 Å². The first-order valence-corrected chi connectivity index (χ1v) is 9.56. The van der Waals surface area contributed by atoms with Gasteiger partial charge in [-0.3, -0.25) is 4.79 Å². The average Bonchev–Trinajstić information content (AvgIpc) is 3.11. The van der Waals surface area contributed by atoms with Gasteiger partial charge in [0.15, 0.2) is 0 Å². The Morgan fingerprint density at radius 2 is 2.00 bits per heavy atom. The maximum atomic E-state index is 12.6. The number of carbonyl (C=O) groups excluding carboxylic acids is 1. The van der Waals surface area contributed by atoms with Crippen LogP contribution in [0.1, 0.15) is 47.9 Å². The smallest absolute Gasteiger partial charge is 0.224 e. The zero-order valence-electron chi connectivity index (χ0n) is 17.1. The minimum atomic E-state index is -0.179. The van der Waals surface area contributed by atoms with Crippen LogP contribution in [-0.4, -0.2) is 25.7 Å². The first kappa shape index (κ1) is 19.1. The number of H-pyrrole nitrogens is 1. The molecule has 2 heterocycles. The summed E-state index contributed by atoms with van der Waals surface area (Å²) in [5, 5.41) is 8.68. The van der Waals surface area contributed by atoms with E-state index in [0.29, 0.717) is 13.1 Å². The van der Waals surface area contributed by atoms with E-state index in [1.54, 1.807) is 4.68 Å². The molecule has 0 unspecified atom stereocenters. The van der Waals surface area contributed by atoms with Gasteiger partial charge in [0.1, 0.15) is 11.6 Å². The minimum absolute atomic E-state index is 0.0243. The fraction of sp³-hybridized carbons (Fsp3) is 0.476. The summed E-state index contributed by atoms with van der Waals surface area (Å²) in [5.41, 5.74) is 6.02. The lowest BCUT2D eigenvalue weighted by molar-refractivity contribution is -0.125. The van der Waals surface area contributed by atoms with E-state index in [-0.39, 0.29) is 11.8 Å². The summed E-state index contributed by atoms with van der Waals surface area (Å²) in [5.74, 6) is 1.41. The molecule has 6 heteroatoms. The van der Waals surface area contributed by atoms with Crippen LogP contribution in [0.25, 0.3) is 10.9 Å². The summed E-state index contributed by atoms with van der Waals surface area (Å²) in [6.07, 6.45) is 0.971. The molecular formula is C21H29N5O. The number of aromatic nitrogens is 4. The molecule has 0 fully saturated rings. The summed E-state index contributed by atoms with van der Waals surface area (Å²) < 4.78 is 1.80. The second-order valence-corrected chi connectivity index (χ2v) is 7.44. The van der Waals surface area contributed by atoms with Gasteiger partial charge >= 0.3 is 0 Å².